The van der Waals surface area contributed by atoms with Gasteiger partial charge in [0.2, 0.25) is 5.52 Å². The van der Waals surface area contributed by atoms with Gasteiger partial charge in [-0.3, -0.25) is 13.9 Å². The number of fused-ring (bicyclic) bond motifs is 1. The normalized spacial score (nSPS) is 15.2. The van der Waals surface area contributed by atoms with E-state index in [1.807, 2.05) is 0 Å². The molecule has 1 saturated heterocycles. The first-order chi connectivity index (χ1) is 15.5. The Morgan fingerprint density at radius 1 is 1.03 bits per heavy atom. The molecule has 1 amide bonds. The molecule has 176 valence electrons. The number of thiophene rings is 1. The molecule has 0 radical (unpaired) electrons. The molecular formula is C19H22N4O7P2S. The molecule has 1 aliphatic rings. The largest absolute Gasteiger partial charge is 0.360 e. The van der Waals surface area contributed by atoms with E-state index in [-0.39, 0.29) is 17.5 Å². The lowest BCUT2D eigenvalue weighted by molar-refractivity contribution is 0.0724. The third-order valence-corrected chi connectivity index (χ3v) is 9.38. The number of hydrogen-bond acceptors (Lipinski definition) is 7. The van der Waals surface area contributed by atoms with E-state index in [4.69, 9.17) is 0 Å². The van der Waals surface area contributed by atoms with Gasteiger partial charge in [-0.1, -0.05) is 12.1 Å². The second-order valence-corrected chi connectivity index (χ2v) is 12.4. The van der Waals surface area contributed by atoms with Gasteiger partial charge in [0.1, 0.15) is 10.6 Å². The summed E-state index contributed by atoms with van der Waals surface area (Å²) in [4.78, 5) is 61.8. The number of nitrogens with zero attached hydrogens (tertiary/aromatic N) is 3. The van der Waals surface area contributed by atoms with Crippen LogP contribution in [-0.2, 0) is 9.13 Å². The van der Waals surface area contributed by atoms with Gasteiger partial charge in [0.25, 0.3) is 5.91 Å². The van der Waals surface area contributed by atoms with Crippen LogP contribution in [-0.4, -0.2) is 59.0 Å². The zero-order chi connectivity index (χ0) is 23.8. The Morgan fingerprint density at radius 2 is 1.73 bits per heavy atom. The SMILES string of the molecule is O=C(c1cccc(-c2nc(NC(P(=O)(O)O)P(=O)(O)O)c3ccsc3n2)c1)N1CCCCC1. The maximum Gasteiger partial charge on any atom is 0.360 e. The lowest BCUT2D eigenvalue weighted by atomic mass is 10.1. The zero-order valence-electron chi connectivity index (χ0n) is 17.2. The number of aromatic nitrogens is 2. The molecule has 0 atom stereocenters. The molecule has 14 heteroatoms. The van der Waals surface area contributed by atoms with Gasteiger partial charge >= 0.3 is 15.2 Å². The maximum absolute atomic E-state index is 12.9. The van der Waals surface area contributed by atoms with Crippen LogP contribution < -0.4 is 5.32 Å². The highest BCUT2D eigenvalue weighted by atomic mass is 32.1. The minimum absolute atomic E-state index is 0.102. The Bertz CT molecular complexity index is 1260. The summed E-state index contributed by atoms with van der Waals surface area (Å²) in [6.45, 7) is 1.39. The number of anilines is 1. The van der Waals surface area contributed by atoms with Gasteiger partial charge in [0.15, 0.2) is 5.82 Å². The van der Waals surface area contributed by atoms with Crippen LogP contribution in [0.15, 0.2) is 35.7 Å². The first-order valence-electron chi connectivity index (χ1n) is 10.1. The van der Waals surface area contributed by atoms with E-state index in [1.54, 1.807) is 40.6 Å². The van der Waals surface area contributed by atoms with Gasteiger partial charge in [0, 0.05) is 24.2 Å². The molecule has 1 fully saturated rings. The summed E-state index contributed by atoms with van der Waals surface area (Å²) in [7, 11) is -10.5. The third-order valence-electron chi connectivity index (χ3n) is 5.24. The second-order valence-electron chi connectivity index (χ2n) is 7.67. The van der Waals surface area contributed by atoms with Crippen molar-refractivity contribution in [3.63, 3.8) is 0 Å². The molecule has 4 rings (SSSR count). The molecule has 0 bridgehead atoms. The number of carbonyl (C=O) groups excluding carboxylic acids is 1. The Hall–Kier alpha value is -2.17. The summed E-state index contributed by atoms with van der Waals surface area (Å²) < 4.78 is 23.5. The Labute approximate surface area is 192 Å². The van der Waals surface area contributed by atoms with E-state index in [0.717, 1.165) is 19.3 Å². The molecule has 1 aliphatic heterocycles. The van der Waals surface area contributed by atoms with Crippen molar-refractivity contribution in [3.8, 4) is 11.4 Å². The molecule has 11 nitrogen and oxygen atoms in total. The zero-order valence-corrected chi connectivity index (χ0v) is 19.8. The number of hydrogen-bond donors (Lipinski definition) is 5. The molecule has 33 heavy (non-hydrogen) atoms. The van der Waals surface area contributed by atoms with E-state index in [1.165, 1.54) is 11.3 Å². The van der Waals surface area contributed by atoms with Crippen molar-refractivity contribution in [1.29, 1.82) is 0 Å². The van der Waals surface area contributed by atoms with Gasteiger partial charge in [-0.15, -0.1) is 11.3 Å². The van der Waals surface area contributed by atoms with Crippen LogP contribution in [0.2, 0.25) is 0 Å². The third kappa shape index (κ3) is 5.33. The first kappa shape index (κ1) is 24.0. The summed E-state index contributed by atoms with van der Waals surface area (Å²) in [5.41, 5.74) is -1.51. The number of nitrogens with one attached hydrogen (secondary N) is 1. The molecular weight excluding hydrogens is 490 g/mol. The van der Waals surface area contributed by atoms with Crippen molar-refractivity contribution in [1.82, 2.24) is 14.9 Å². The Kier molecular flexibility index (Phi) is 6.70. The molecule has 0 spiro atoms. The number of likely N-dealkylation sites (tertiary alicyclic amines) is 1. The maximum atomic E-state index is 12.9. The van der Waals surface area contributed by atoms with Crippen molar-refractivity contribution in [3.05, 3.63) is 41.3 Å². The lowest BCUT2D eigenvalue weighted by Gasteiger charge is -2.26. The molecule has 3 aromatic rings. The quantitative estimate of drug-likeness (QED) is 0.309. The molecule has 0 unspecified atom stereocenters. The molecule has 1 aromatic carbocycles. The highest BCUT2D eigenvalue weighted by molar-refractivity contribution is 7.71. The smallest absolute Gasteiger partial charge is 0.346 e. The average Bonchev–Trinajstić information content (AvgIpc) is 3.25. The lowest BCUT2D eigenvalue weighted by Crippen LogP contribution is -2.35. The monoisotopic (exact) mass is 512 g/mol. The van der Waals surface area contributed by atoms with E-state index in [9.17, 15) is 33.5 Å². The van der Waals surface area contributed by atoms with E-state index in [2.05, 4.69) is 15.3 Å². The number of rotatable bonds is 6. The minimum atomic E-state index is -5.23. The number of benzene rings is 1. The number of amides is 1. The Balaban J connectivity index is 1.73. The van der Waals surface area contributed by atoms with Crippen LogP contribution in [0.5, 0.6) is 0 Å². The topological polar surface area (TPSA) is 173 Å². The second kappa shape index (κ2) is 9.23. The van der Waals surface area contributed by atoms with Crippen LogP contribution in [0.3, 0.4) is 0 Å². The van der Waals surface area contributed by atoms with Crippen molar-refractivity contribution < 1.29 is 33.5 Å². The van der Waals surface area contributed by atoms with Crippen LogP contribution in [0.25, 0.3) is 21.6 Å². The molecule has 0 aliphatic carbocycles. The fourth-order valence-electron chi connectivity index (χ4n) is 3.65. The van der Waals surface area contributed by atoms with Crippen LogP contribution in [0.1, 0.15) is 29.6 Å². The predicted octanol–water partition coefficient (Wildman–Crippen LogP) is 3.04. The number of carbonyl (C=O) groups is 1. The van der Waals surface area contributed by atoms with E-state index >= 15 is 0 Å². The average molecular weight is 512 g/mol. The first-order valence-corrected chi connectivity index (χ1v) is 14.3. The summed E-state index contributed by atoms with van der Waals surface area (Å²) in [5, 5.41) is 4.27. The van der Waals surface area contributed by atoms with Gasteiger partial charge in [-0.05, 0) is 42.8 Å². The number of piperidine rings is 1. The minimum Gasteiger partial charge on any atom is -0.346 e. The van der Waals surface area contributed by atoms with Crippen molar-refractivity contribution in [2.45, 2.75) is 24.8 Å². The van der Waals surface area contributed by atoms with Gasteiger partial charge in [-0.2, -0.15) is 0 Å². The highest BCUT2D eigenvalue weighted by Gasteiger charge is 2.44. The molecule has 5 N–H and O–H groups in total. The van der Waals surface area contributed by atoms with Crippen molar-refractivity contribution in [2.75, 3.05) is 18.4 Å². The van der Waals surface area contributed by atoms with E-state index < -0.39 is 20.7 Å². The van der Waals surface area contributed by atoms with Crippen LogP contribution in [0, 0.1) is 0 Å². The standard InChI is InChI=1S/C19H22N4O7P2S/c24-18(23-8-2-1-3-9-23)13-6-4-5-12(11-13)15-20-16(14-7-10-33-17(14)21-15)22-19(31(25,26)27)32(28,29)30/h4-7,10-11,19H,1-3,8-9H2,(H,20,21,22)(H2,25,26,27)(H2,28,29,30). The van der Waals surface area contributed by atoms with Crippen molar-refractivity contribution >= 4 is 48.5 Å². The molecule has 0 saturated carbocycles. The fourth-order valence-corrected chi connectivity index (χ4v) is 6.56. The summed E-state index contributed by atoms with van der Waals surface area (Å²) in [6, 6.07) is 8.29. The summed E-state index contributed by atoms with van der Waals surface area (Å²) in [6.07, 6.45) is 3.01. The summed E-state index contributed by atoms with van der Waals surface area (Å²) >= 11 is 1.23. The van der Waals surface area contributed by atoms with Crippen molar-refractivity contribution in [2.24, 2.45) is 0 Å². The van der Waals surface area contributed by atoms with Gasteiger partial charge < -0.3 is 29.8 Å². The summed E-state index contributed by atoms with van der Waals surface area (Å²) in [5.74, 6) is -0.0771. The van der Waals surface area contributed by atoms with Crippen LogP contribution >= 0.6 is 26.5 Å². The highest BCUT2D eigenvalue weighted by Crippen LogP contribution is 2.59. The molecule has 3 heterocycles. The van der Waals surface area contributed by atoms with E-state index in [0.29, 0.717) is 34.4 Å². The fraction of sp³-hybridized carbons (Fsp3) is 0.316. The van der Waals surface area contributed by atoms with Gasteiger partial charge in [0.05, 0.1) is 5.39 Å². The Morgan fingerprint density at radius 3 is 2.39 bits per heavy atom. The molecule has 2 aromatic heterocycles. The van der Waals surface area contributed by atoms with Crippen LogP contribution in [0.4, 0.5) is 5.82 Å². The predicted molar refractivity (Wildman–Crippen MR) is 124 cm³/mol. The van der Waals surface area contributed by atoms with Gasteiger partial charge in [-0.25, -0.2) is 9.97 Å².